The lowest BCUT2D eigenvalue weighted by Gasteiger charge is -2.01. The van der Waals surface area contributed by atoms with E-state index in [2.05, 4.69) is 10.4 Å². The standard InChI is InChI=1S/C8H10N4/c1-6-5-12-7(10-6)3-2-4-8(12)11-9/h2-5,11H,9H2,1H3. The zero-order valence-electron chi connectivity index (χ0n) is 6.78. The van der Waals surface area contributed by atoms with Gasteiger partial charge in [-0.1, -0.05) is 6.07 Å². The Labute approximate surface area is 70.0 Å². The average molecular weight is 162 g/mol. The van der Waals surface area contributed by atoms with Crippen LogP contribution in [0.5, 0.6) is 0 Å². The van der Waals surface area contributed by atoms with Crippen molar-refractivity contribution in [3.63, 3.8) is 0 Å². The molecule has 0 amide bonds. The Morgan fingerprint density at radius 1 is 1.50 bits per heavy atom. The molecule has 0 atom stereocenters. The van der Waals surface area contributed by atoms with Crippen LogP contribution in [0, 0.1) is 6.92 Å². The van der Waals surface area contributed by atoms with Crippen LogP contribution in [0.2, 0.25) is 0 Å². The molecule has 2 aromatic heterocycles. The summed E-state index contributed by atoms with van der Waals surface area (Å²) in [6, 6.07) is 5.75. The maximum absolute atomic E-state index is 5.33. The third-order valence-corrected chi connectivity index (χ3v) is 1.76. The number of hydrogen-bond acceptors (Lipinski definition) is 3. The number of nitrogens with two attached hydrogens (primary N) is 1. The number of anilines is 1. The van der Waals surface area contributed by atoms with Crippen LogP contribution in [0.1, 0.15) is 5.69 Å². The lowest BCUT2D eigenvalue weighted by molar-refractivity contribution is 1.14. The lowest BCUT2D eigenvalue weighted by Crippen LogP contribution is -2.09. The van der Waals surface area contributed by atoms with Gasteiger partial charge in [-0.25, -0.2) is 10.8 Å². The lowest BCUT2D eigenvalue weighted by atomic mass is 10.4. The van der Waals surface area contributed by atoms with Gasteiger partial charge in [0.1, 0.15) is 11.5 Å². The third kappa shape index (κ3) is 0.931. The Bertz CT molecular complexity index is 404. The van der Waals surface area contributed by atoms with E-state index in [4.69, 9.17) is 5.84 Å². The number of hydrazine groups is 1. The second kappa shape index (κ2) is 2.49. The number of aromatic nitrogens is 2. The fraction of sp³-hybridized carbons (Fsp3) is 0.125. The van der Waals surface area contributed by atoms with Gasteiger partial charge in [0, 0.05) is 6.20 Å². The van der Waals surface area contributed by atoms with Crippen molar-refractivity contribution < 1.29 is 0 Å². The van der Waals surface area contributed by atoms with Crippen molar-refractivity contribution in [2.75, 3.05) is 5.43 Å². The molecule has 0 radical (unpaired) electrons. The van der Waals surface area contributed by atoms with Crippen molar-refractivity contribution >= 4 is 11.5 Å². The summed E-state index contributed by atoms with van der Waals surface area (Å²) >= 11 is 0. The van der Waals surface area contributed by atoms with Gasteiger partial charge in [0.15, 0.2) is 0 Å². The SMILES string of the molecule is Cc1cn2c(NN)cccc2n1. The largest absolute Gasteiger partial charge is 0.310 e. The number of aryl methyl sites for hydroxylation is 1. The molecule has 2 rings (SSSR count). The zero-order chi connectivity index (χ0) is 8.55. The second-order valence-corrected chi connectivity index (χ2v) is 2.67. The van der Waals surface area contributed by atoms with Gasteiger partial charge in [0.25, 0.3) is 0 Å². The highest BCUT2D eigenvalue weighted by atomic mass is 15.3. The molecule has 0 bridgehead atoms. The molecule has 4 heteroatoms. The smallest absolute Gasteiger partial charge is 0.138 e. The van der Waals surface area contributed by atoms with Crippen LogP contribution in [0.15, 0.2) is 24.4 Å². The summed E-state index contributed by atoms with van der Waals surface area (Å²) in [6.07, 6.45) is 1.94. The topological polar surface area (TPSA) is 55.3 Å². The monoisotopic (exact) mass is 162 g/mol. The molecule has 0 aromatic carbocycles. The van der Waals surface area contributed by atoms with E-state index in [9.17, 15) is 0 Å². The van der Waals surface area contributed by atoms with Crippen LogP contribution in [0.3, 0.4) is 0 Å². The highest BCUT2D eigenvalue weighted by Crippen LogP contribution is 2.11. The van der Waals surface area contributed by atoms with Gasteiger partial charge >= 0.3 is 0 Å². The summed E-state index contributed by atoms with van der Waals surface area (Å²) in [5.74, 6) is 6.17. The Kier molecular flexibility index (Phi) is 1.48. The summed E-state index contributed by atoms with van der Waals surface area (Å²) in [6.45, 7) is 1.95. The summed E-state index contributed by atoms with van der Waals surface area (Å²) in [7, 11) is 0. The Morgan fingerprint density at radius 3 is 3.08 bits per heavy atom. The number of nitrogens with zero attached hydrogens (tertiary/aromatic N) is 2. The van der Waals surface area contributed by atoms with E-state index >= 15 is 0 Å². The predicted octanol–water partition coefficient (Wildman–Crippen LogP) is 0.928. The van der Waals surface area contributed by atoms with Gasteiger partial charge in [-0.15, -0.1) is 0 Å². The van der Waals surface area contributed by atoms with Crippen LogP contribution in [0.25, 0.3) is 5.65 Å². The fourth-order valence-corrected chi connectivity index (χ4v) is 1.25. The first kappa shape index (κ1) is 7.12. The Morgan fingerprint density at radius 2 is 2.33 bits per heavy atom. The van der Waals surface area contributed by atoms with E-state index in [1.807, 2.05) is 35.7 Å². The molecule has 0 aliphatic heterocycles. The molecule has 2 aromatic rings. The number of hydrogen-bond donors (Lipinski definition) is 2. The molecule has 4 nitrogen and oxygen atoms in total. The van der Waals surface area contributed by atoms with E-state index in [0.717, 1.165) is 17.2 Å². The van der Waals surface area contributed by atoms with Crippen molar-refractivity contribution in [2.45, 2.75) is 6.92 Å². The van der Waals surface area contributed by atoms with Gasteiger partial charge < -0.3 is 5.43 Å². The minimum atomic E-state index is 0.841. The van der Waals surface area contributed by atoms with Gasteiger partial charge in [-0.05, 0) is 19.1 Å². The molecule has 0 aliphatic carbocycles. The molecule has 0 spiro atoms. The van der Waals surface area contributed by atoms with Crippen LogP contribution >= 0.6 is 0 Å². The second-order valence-electron chi connectivity index (χ2n) is 2.67. The Hall–Kier alpha value is -1.55. The molecule has 0 saturated heterocycles. The number of pyridine rings is 1. The van der Waals surface area contributed by atoms with Crippen molar-refractivity contribution in [1.82, 2.24) is 9.38 Å². The molecular weight excluding hydrogens is 152 g/mol. The Balaban J connectivity index is 2.78. The summed E-state index contributed by atoms with van der Waals surface area (Å²) in [5.41, 5.74) is 4.50. The number of nitrogen functional groups attached to an aromatic ring is 1. The number of imidazole rings is 1. The van der Waals surface area contributed by atoms with Crippen molar-refractivity contribution in [3.05, 3.63) is 30.1 Å². The first-order valence-corrected chi connectivity index (χ1v) is 3.72. The average Bonchev–Trinajstić information content (AvgIpc) is 2.44. The van der Waals surface area contributed by atoms with E-state index in [1.165, 1.54) is 0 Å². The van der Waals surface area contributed by atoms with E-state index in [0.29, 0.717) is 0 Å². The van der Waals surface area contributed by atoms with E-state index in [1.54, 1.807) is 0 Å². The molecule has 0 fully saturated rings. The fourth-order valence-electron chi connectivity index (χ4n) is 1.25. The van der Waals surface area contributed by atoms with Crippen LogP contribution in [-0.4, -0.2) is 9.38 Å². The maximum Gasteiger partial charge on any atom is 0.138 e. The van der Waals surface area contributed by atoms with E-state index < -0.39 is 0 Å². The highest BCUT2D eigenvalue weighted by molar-refractivity contribution is 5.50. The van der Waals surface area contributed by atoms with Gasteiger partial charge in [-0.2, -0.15) is 0 Å². The molecule has 0 saturated carbocycles. The number of nitrogens with one attached hydrogen (secondary N) is 1. The van der Waals surface area contributed by atoms with Crippen LogP contribution < -0.4 is 11.3 Å². The molecule has 0 aliphatic rings. The minimum absolute atomic E-state index is 0.841. The molecule has 3 N–H and O–H groups in total. The third-order valence-electron chi connectivity index (χ3n) is 1.76. The molecule has 2 heterocycles. The normalized spacial score (nSPS) is 10.5. The van der Waals surface area contributed by atoms with Gasteiger partial charge in [-0.3, -0.25) is 4.40 Å². The van der Waals surface area contributed by atoms with Crippen LogP contribution in [0.4, 0.5) is 5.82 Å². The summed E-state index contributed by atoms with van der Waals surface area (Å²) in [4.78, 5) is 4.29. The first-order valence-electron chi connectivity index (χ1n) is 3.72. The predicted molar refractivity (Wildman–Crippen MR) is 47.7 cm³/mol. The summed E-state index contributed by atoms with van der Waals surface area (Å²) in [5, 5.41) is 0. The van der Waals surface area contributed by atoms with Crippen molar-refractivity contribution in [3.8, 4) is 0 Å². The first-order chi connectivity index (χ1) is 5.81. The zero-order valence-corrected chi connectivity index (χ0v) is 6.78. The minimum Gasteiger partial charge on any atom is -0.310 e. The van der Waals surface area contributed by atoms with Crippen LogP contribution in [-0.2, 0) is 0 Å². The maximum atomic E-state index is 5.33. The van der Waals surface area contributed by atoms with Crippen molar-refractivity contribution in [1.29, 1.82) is 0 Å². The molecule has 62 valence electrons. The quantitative estimate of drug-likeness (QED) is 0.484. The van der Waals surface area contributed by atoms with E-state index in [-0.39, 0.29) is 0 Å². The van der Waals surface area contributed by atoms with Gasteiger partial charge in [0.05, 0.1) is 5.69 Å². The molecule has 0 unspecified atom stereocenters. The van der Waals surface area contributed by atoms with Crippen molar-refractivity contribution in [2.24, 2.45) is 5.84 Å². The number of fused-ring (bicyclic) bond motifs is 1. The molecular formula is C8H10N4. The van der Waals surface area contributed by atoms with Gasteiger partial charge in [0.2, 0.25) is 0 Å². The summed E-state index contributed by atoms with van der Waals surface area (Å²) < 4.78 is 1.91. The number of rotatable bonds is 1. The molecule has 12 heavy (non-hydrogen) atoms. The highest BCUT2D eigenvalue weighted by Gasteiger charge is 1.99.